The molecule has 0 aliphatic carbocycles. The molecule has 32 heavy (non-hydrogen) atoms. The molecule has 0 aliphatic heterocycles. The van der Waals surface area contributed by atoms with Crippen molar-refractivity contribution >= 4 is 44.8 Å². The van der Waals surface area contributed by atoms with Crippen molar-refractivity contribution < 1.29 is 9.53 Å². The van der Waals surface area contributed by atoms with Crippen LogP contribution in [0.1, 0.15) is 10.4 Å². The number of urea groups is 1. The Morgan fingerprint density at radius 3 is 2.69 bits per heavy atom. The Balaban J connectivity index is 1.56. The highest BCUT2D eigenvalue weighted by Crippen LogP contribution is 2.40. The van der Waals surface area contributed by atoms with Crippen LogP contribution in [0.2, 0.25) is 0 Å². The normalized spacial score (nSPS) is 10.6. The van der Waals surface area contributed by atoms with Gasteiger partial charge in [-0.05, 0) is 35.9 Å². The number of nitrogens with one attached hydrogen (secondary N) is 2. The van der Waals surface area contributed by atoms with Gasteiger partial charge >= 0.3 is 6.03 Å². The number of thiophene rings is 1. The minimum Gasteiger partial charge on any atom is -0.384 e. The van der Waals surface area contributed by atoms with Crippen LogP contribution in [0, 0.1) is 11.3 Å². The number of anilines is 3. The summed E-state index contributed by atoms with van der Waals surface area (Å²) in [6, 6.07) is 15.9. The van der Waals surface area contributed by atoms with E-state index in [4.69, 9.17) is 15.7 Å². The third-order valence-corrected chi connectivity index (χ3v) is 5.96. The zero-order valence-corrected chi connectivity index (χ0v) is 18.1. The summed E-state index contributed by atoms with van der Waals surface area (Å²) in [6.07, 6.45) is 2.20. The molecule has 0 radical (unpaired) electrons. The van der Waals surface area contributed by atoms with Gasteiger partial charge in [-0.2, -0.15) is 5.26 Å². The van der Waals surface area contributed by atoms with Crippen molar-refractivity contribution in [3.63, 3.8) is 0 Å². The summed E-state index contributed by atoms with van der Waals surface area (Å²) in [6.45, 7) is 0.583. The van der Waals surface area contributed by atoms with Crippen molar-refractivity contribution in [2.24, 2.45) is 0 Å². The van der Waals surface area contributed by atoms with Gasteiger partial charge in [-0.3, -0.25) is 0 Å². The number of benzene rings is 2. The van der Waals surface area contributed by atoms with Crippen LogP contribution in [0.3, 0.4) is 0 Å². The second kappa shape index (κ2) is 9.43. The molecular weight excluding hydrogens is 424 g/mol. The molecule has 2 aromatic heterocycles. The Labute approximate surface area is 188 Å². The number of nitrogen functional groups attached to an aromatic ring is 1. The van der Waals surface area contributed by atoms with Gasteiger partial charge in [0.05, 0.1) is 23.6 Å². The zero-order chi connectivity index (χ0) is 22.5. The van der Waals surface area contributed by atoms with Crippen LogP contribution in [0.15, 0.2) is 54.9 Å². The molecule has 2 amide bonds. The van der Waals surface area contributed by atoms with Gasteiger partial charge in [0.25, 0.3) is 0 Å². The number of hydrogen-bond acceptors (Lipinski definition) is 7. The molecule has 0 saturated carbocycles. The highest BCUT2D eigenvalue weighted by molar-refractivity contribution is 7.19. The van der Waals surface area contributed by atoms with Gasteiger partial charge in [0.2, 0.25) is 0 Å². The van der Waals surface area contributed by atoms with E-state index in [2.05, 4.69) is 20.6 Å². The molecule has 4 N–H and O–H groups in total. The zero-order valence-electron chi connectivity index (χ0n) is 17.3. The van der Waals surface area contributed by atoms with Crippen LogP contribution in [0.25, 0.3) is 21.3 Å². The van der Waals surface area contributed by atoms with Crippen molar-refractivity contribution in [1.29, 1.82) is 5.26 Å². The van der Waals surface area contributed by atoms with Crippen LogP contribution >= 0.6 is 11.3 Å². The molecule has 8 nitrogen and oxygen atoms in total. The number of nitrogens with zero attached hydrogens (tertiary/aromatic N) is 3. The Hall–Kier alpha value is -4.00. The lowest BCUT2D eigenvalue weighted by molar-refractivity contribution is 0.203. The average Bonchev–Trinajstić information content (AvgIpc) is 3.18. The van der Waals surface area contributed by atoms with Crippen molar-refractivity contribution in [3.8, 4) is 17.2 Å². The maximum absolute atomic E-state index is 12.3. The molecule has 0 fully saturated rings. The van der Waals surface area contributed by atoms with Gasteiger partial charge in [-0.1, -0.05) is 18.2 Å². The summed E-state index contributed by atoms with van der Waals surface area (Å²) >= 11 is 1.58. The Kier molecular flexibility index (Phi) is 6.26. The molecule has 0 spiro atoms. The van der Waals surface area contributed by atoms with Gasteiger partial charge < -0.3 is 21.1 Å². The number of fused-ring (bicyclic) bond motifs is 1. The van der Waals surface area contributed by atoms with E-state index in [1.54, 1.807) is 42.7 Å². The topological polar surface area (TPSA) is 126 Å². The fourth-order valence-electron chi connectivity index (χ4n) is 3.36. The number of carbonyl (C=O) groups is 1. The summed E-state index contributed by atoms with van der Waals surface area (Å²) in [7, 11) is 1.67. The van der Waals surface area contributed by atoms with Crippen molar-refractivity contribution in [3.05, 3.63) is 65.3 Å². The number of nitrogens with two attached hydrogens (primary N) is 1. The quantitative estimate of drug-likeness (QED) is 0.398. The standard InChI is InChI=1S/C23H20N6O2S/c1-31-10-9-18-19(20-21(25)26-13-27-22(20)32-18)15-5-7-16(8-6-15)28-23(30)29-17-4-2-3-14(11-17)12-24/h2-8,11,13H,9-10H2,1H3,(H2,25,26,27)(H2,28,29,30). The van der Waals surface area contributed by atoms with Crippen molar-refractivity contribution in [2.75, 3.05) is 30.1 Å². The van der Waals surface area contributed by atoms with Crippen LogP contribution in [-0.4, -0.2) is 29.7 Å². The lowest BCUT2D eigenvalue weighted by Crippen LogP contribution is -2.19. The number of ether oxygens (including phenoxy) is 1. The Morgan fingerprint density at radius 1 is 1.16 bits per heavy atom. The molecule has 2 heterocycles. The molecule has 4 aromatic rings. The van der Waals surface area contributed by atoms with E-state index in [9.17, 15) is 4.79 Å². The third kappa shape index (κ3) is 4.51. The summed E-state index contributed by atoms with van der Waals surface area (Å²) < 4.78 is 5.26. The lowest BCUT2D eigenvalue weighted by Gasteiger charge is -2.10. The van der Waals surface area contributed by atoms with E-state index in [0.717, 1.165) is 32.6 Å². The summed E-state index contributed by atoms with van der Waals surface area (Å²) in [5.41, 5.74) is 9.76. The maximum Gasteiger partial charge on any atom is 0.323 e. The van der Waals surface area contributed by atoms with E-state index in [1.165, 1.54) is 6.33 Å². The van der Waals surface area contributed by atoms with Crippen LogP contribution in [0.4, 0.5) is 22.0 Å². The van der Waals surface area contributed by atoms with Crippen molar-refractivity contribution in [2.45, 2.75) is 6.42 Å². The predicted molar refractivity (Wildman–Crippen MR) is 127 cm³/mol. The number of amides is 2. The second-order valence-electron chi connectivity index (χ2n) is 6.93. The van der Waals surface area contributed by atoms with E-state index in [1.807, 2.05) is 30.3 Å². The van der Waals surface area contributed by atoms with Crippen LogP contribution in [0.5, 0.6) is 0 Å². The monoisotopic (exact) mass is 444 g/mol. The molecule has 0 aliphatic rings. The van der Waals surface area contributed by atoms with Crippen molar-refractivity contribution in [1.82, 2.24) is 9.97 Å². The minimum absolute atomic E-state index is 0.396. The van der Waals surface area contributed by atoms with Gasteiger partial charge in [0.15, 0.2) is 0 Å². The number of rotatable bonds is 6. The van der Waals surface area contributed by atoms with Gasteiger partial charge in [0, 0.05) is 35.3 Å². The molecule has 0 unspecified atom stereocenters. The predicted octanol–water partition coefficient (Wildman–Crippen LogP) is 4.65. The number of methoxy groups -OCH3 is 1. The Morgan fingerprint density at radius 2 is 1.94 bits per heavy atom. The number of nitriles is 1. The third-order valence-electron chi connectivity index (χ3n) is 4.80. The van der Waals surface area contributed by atoms with Crippen LogP contribution < -0.4 is 16.4 Å². The van der Waals surface area contributed by atoms with E-state index >= 15 is 0 Å². The number of aromatic nitrogens is 2. The SMILES string of the molecule is COCCc1sc2ncnc(N)c2c1-c1ccc(NC(=O)Nc2cccc(C#N)c2)cc1. The Bertz CT molecular complexity index is 1310. The summed E-state index contributed by atoms with van der Waals surface area (Å²) in [5.74, 6) is 0.436. The molecule has 0 bridgehead atoms. The largest absolute Gasteiger partial charge is 0.384 e. The first kappa shape index (κ1) is 21.2. The molecule has 4 rings (SSSR count). The number of hydrogen-bond donors (Lipinski definition) is 3. The van der Waals surface area contributed by atoms with Gasteiger partial charge in [-0.25, -0.2) is 14.8 Å². The van der Waals surface area contributed by atoms with Gasteiger partial charge in [-0.15, -0.1) is 11.3 Å². The first-order chi connectivity index (χ1) is 15.6. The minimum atomic E-state index is -0.396. The van der Waals surface area contributed by atoms with E-state index < -0.39 is 6.03 Å². The van der Waals surface area contributed by atoms with Crippen LogP contribution in [-0.2, 0) is 11.2 Å². The lowest BCUT2D eigenvalue weighted by atomic mass is 10.0. The first-order valence-electron chi connectivity index (χ1n) is 9.78. The molecule has 160 valence electrons. The van der Waals surface area contributed by atoms with Gasteiger partial charge in [0.1, 0.15) is 17.0 Å². The fourth-order valence-corrected chi connectivity index (χ4v) is 4.51. The average molecular weight is 445 g/mol. The molecule has 0 atom stereocenters. The first-order valence-corrected chi connectivity index (χ1v) is 10.6. The highest BCUT2D eigenvalue weighted by atomic mass is 32.1. The molecular formula is C23H20N6O2S. The van der Waals surface area contributed by atoms with E-state index in [0.29, 0.717) is 29.4 Å². The number of carbonyl (C=O) groups excluding carboxylic acids is 1. The molecule has 0 saturated heterocycles. The fraction of sp³-hybridized carbons (Fsp3) is 0.130. The molecule has 9 heteroatoms. The summed E-state index contributed by atoms with van der Waals surface area (Å²) in [4.78, 5) is 22.8. The smallest absolute Gasteiger partial charge is 0.323 e. The summed E-state index contributed by atoms with van der Waals surface area (Å²) in [5, 5.41) is 15.3. The maximum atomic E-state index is 12.3. The highest BCUT2D eigenvalue weighted by Gasteiger charge is 2.18. The molecule has 2 aromatic carbocycles. The van der Waals surface area contributed by atoms with E-state index in [-0.39, 0.29) is 0 Å². The second-order valence-corrected chi connectivity index (χ2v) is 8.01.